The number of carboxylic acids is 1. The number of rotatable bonds is 5. The van der Waals surface area contributed by atoms with E-state index in [-0.39, 0.29) is 5.57 Å². The second-order valence-corrected chi connectivity index (χ2v) is 4.56. The first-order valence-corrected chi connectivity index (χ1v) is 6.10. The molecule has 0 fully saturated rings. The maximum absolute atomic E-state index is 10.7. The van der Waals surface area contributed by atoms with E-state index < -0.39 is 19.7 Å². The fourth-order valence-corrected chi connectivity index (χ4v) is 1.98. The lowest BCUT2D eigenvalue weighted by molar-refractivity contribution is -0.132. The predicted molar refractivity (Wildman–Crippen MR) is 52.2 cm³/mol. The largest absolute Gasteiger partial charge is 0.478 e. The standard InChI is InChI=1S/C8H15O5P/c1-3-6(4-2)7(8(9)10)5-14(11,12)13/h3-5H2,1-2H3,(H,9,10)(H2,11,12,13). The lowest BCUT2D eigenvalue weighted by Gasteiger charge is -2.09. The van der Waals surface area contributed by atoms with Crippen molar-refractivity contribution in [2.24, 2.45) is 0 Å². The van der Waals surface area contributed by atoms with Crippen LogP contribution in [0.15, 0.2) is 11.1 Å². The number of allylic oxidation sites excluding steroid dienone is 1. The second kappa shape index (κ2) is 5.29. The Morgan fingerprint density at radius 2 is 1.64 bits per heavy atom. The van der Waals surface area contributed by atoms with Gasteiger partial charge in [-0.2, -0.15) is 0 Å². The van der Waals surface area contributed by atoms with Gasteiger partial charge in [0.05, 0.1) is 6.16 Å². The van der Waals surface area contributed by atoms with E-state index >= 15 is 0 Å². The van der Waals surface area contributed by atoms with Gasteiger partial charge < -0.3 is 14.9 Å². The minimum Gasteiger partial charge on any atom is -0.478 e. The molecule has 0 saturated heterocycles. The zero-order valence-corrected chi connectivity index (χ0v) is 9.12. The molecular formula is C8H15O5P. The van der Waals surface area contributed by atoms with E-state index in [0.29, 0.717) is 18.4 Å². The van der Waals surface area contributed by atoms with E-state index in [1.807, 2.05) is 0 Å². The number of carboxylic acid groups (broad SMARTS) is 1. The van der Waals surface area contributed by atoms with Crippen molar-refractivity contribution in [2.75, 3.05) is 6.16 Å². The van der Waals surface area contributed by atoms with Gasteiger partial charge in [0, 0.05) is 5.57 Å². The second-order valence-electron chi connectivity index (χ2n) is 2.92. The van der Waals surface area contributed by atoms with Crippen molar-refractivity contribution >= 4 is 13.6 Å². The van der Waals surface area contributed by atoms with Crippen molar-refractivity contribution in [1.29, 1.82) is 0 Å². The summed E-state index contributed by atoms with van der Waals surface area (Å²) in [6, 6.07) is 0. The lowest BCUT2D eigenvalue weighted by Crippen LogP contribution is -2.09. The van der Waals surface area contributed by atoms with Crippen LogP contribution in [0.5, 0.6) is 0 Å². The van der Waals surface area contributed by atoms with Gasteiger partial charge in [-0.25, -0.2) is 4.79 Å². The van der Waals surface area contributed by atoms with E-state index in [0.717, 1.165) is 0 Å². The summed E-state index contributed by atoms with van der Waals surface area (Å²) in [6.45, 7) is 3.53. The Hall–Kier alpha value is -0.640. The lowest BCUT2D eigenvalue weighted by atomic mass is 10.1. The summed E-state index contributed by atoms with van der Waals surface area (Å²) in [5, 5.41) is 8.77. The van der Waals surface area contributed by atoms with Crippen LogP contribution < -0.4 is 0 Å². The van der Waals surface area contributed by atoms with Crippen LogP contribution in [-0.4, -0.2) is 27.0 Å². The molecule has 0 aliphatic rings. The molecule has 0 radical (unpaired) electrons. The summed E-state index contributed by atoms with van der Waals surface area (Å²) in [5.41, 5.74) is 0.434. The molecule has 0 aromatic carbocycles. The van der Waals surface area contributed by atoms with Crippen LogP contribution in [0.4, 0.5) is 0 Å². The smallest absolute Gasteiger partial charge is 0.332 e. The summed E-state index contributed by atoms with van der Waals surface area (Å²) >= 11 is 0. The molecular weight excluding hydrogens is 207 g/mol. The Bertz CT molecular complexity index is 282. The molecule has 0 aliphatic carbocycles. The average Bonchev–Trinajstić information content (AvgIpc) is 2.02. The van der Waals surface area contributed by atoms with Crippen LogP contribution in [0.3, 0.4) is 0 Å². The molecule has 3 N–H and O–H groups in total. The monoisotopic (exact) mass is 222 g/mol. The Morgan fingerprint density at radius 1 is 1.21 bits per heavy atom. The predicted octanol–water partition coefficient (Wildman–Crippen LogP) is 1.37. The number of hydrogen-bond acceptors (Lipinski definition) is 2. The summed E-state index contributed by atoms with van der Waals surface area (Å²) in [7, 11) is -4.29. The van der Waals surface area contributed by atoms with Crippen LogP contribution in [0.1, 0.15) is 26.7 Å². The van der Waals surface area contributed by atoms with Crippen molar-refractivity contribution in [3.05, 3.63) is 11.1 Å². The highest BCUT2D eigenvalue weighted by molar-refractivity contribution is 7.52. The van der Waals surface area contributed by atoms with E-state index in [1.165, 1.54) is 0 Å². The van der Waals surface area contributed by atoms with Crippen molar-refractivity contribution in [3.63, 3.8) is 0 Å². The van der Waals surface area contributed by atoms with Crippen molar-refractivity contribution in [1.82, 2.24) is 0 Å². The number of carbonyl (C=O) groups is 1. The Balaban J connectivity index is 5.04. The number of aliphatic carboxylic acids is 1. The maximum Gasteiger partial charge on any atom is 0.332 e. The molecule has 0 aromatic heterocycles. The average molecular weight is 222 g/mol. The molecule has 6 heteroatoms. The van der Waals surface area contributed by atoms with Gasteiger partial charge in [-0.05, 0) is 12.8 Å². The zero-order chi connectivity index (χ0) is 11.4. The van der Waals surface area contributed by atoms with Gasteiger partial charge in [-0.1, -0.05) is 19.4 Å². The third kappa shape index (κ3) is 4.56. The van der Waals surface area contributed by atoms with Gasteiger partial charge in [0.15, 0.2) is 0 Å². The quantitative estimate of drug-likeness (QED) is 0.482. The first-order chi connectivity index (χ1) is 6.31. The molecule has 0 unspecified atom stereocenters. The van der Waals surface area contributed by atoms with Gasteiger partial charge in [0.1, 0.15) is 0 Å². The van der Waals surface area contributed by atoms with Crippen LogP contribution in [-0.2, 0) is 9.36 Å². The molecule has 5 nitrogen and oxygen atoms in total. The van der Waals surface area contributed by atoms with Gasteiger partial charge >= 0.3 is 13.6 Å². The van der Waals surface area contributed by atoms with Crippen LogP contribution in [0.25, 0.3) is 0 Å². The number of hydrogen-bond donors (Lipinski definition) is 3. The fraction of sp³-hybridized carbons (Fsp3) is 0.625. The van der Waals surface area contributed by atoms with Gasteiger partial charge in [-0.15, -0.1) is 0 Å². The van der Waals surface area contributed by atoms with E-state index in [2.05, 4.69) is 0 Å². The molecule has 0 rings (SSSR count). The normalized spacial score (nSPS) is 11.1. The fourth-order valence-electron chi connectivity index (χ4n) is 1.21. The minimum atomic E-state index is -4.29. The molecule has 0 heterocycles. The van der Waals surface area contributed by atoms with E-state index in [4.69, 9.17) is 14.9 Å². The third-order valence-corrected chi connectivity index (χ3v) is 2.63. The van der Waals surface area contributed by atoms with Gasteiger partial charge in [0.25, 0.3) is 0 Å². The first kappa shape index (κ1) is 13.4. The molecule has 0 saturated carbocycles. The Morgan fingerprint density at radius 3 is 1.86 bits per heavy atom. The molecule has 0 amide bonds. The summed E-state index contributed by atoms with van der Waals surface area (Å²) in [4.78, 5) is 28.1. The molecule has 82 valence electrons. The molecule has 0 aromatic rings. The summed E-state index contributed by atoms with van der Waals surface area (Å²) in [6.07, 6.45) is 0.315. The summed E-state index contributed by atoms with van der Waals surface area (Å²) in [5.74, 6) is -1.24. The SMILES string of the molecule is CCC(CC)=C(CP(=O)(O)O)C(=O)O. The molecule has 14 heavy (non-hydrogen) atoms. The highest BCUT2D eigenvalue weighted by Gasteiger charge is 2.22. The molecule has 0 bridgehead atoms. The van der Waals surface area contributed by atoms with Gasteiger partial charge in [-0.3, -0.25) is 4.57 Å². The third-order valence-electron chi connectivity index (χ3n) is 1.90. The van der Waals surface area contributed by atoms with Crippen LogP contribution in [0.2, 0.25) is 0 Å². The Kier molecular flexibility index (Phi) is 5.05. The van der Waals surface area contributed by atoms with Crippen molar-refractivity contribution in [3.8, 4) is 0 Å². The van der Waals surface area contributed by atoms with E-state index in [1.54, 1.807) is 13.8 Å². The first-order valence-electron chi connectivity index (χ1n) is 4.30. The molecule has 0 atom stereocenters. The Labute approximate surface area is 82.6 Å². The van der Waals surface area contributed by atoms with Crippen molar-refractivity contribution in [2.45, 2.75) is 26.7 Å². The molecule has 0 spiro atoms. The highest BCUT2D eigenvalue weighted by Crippen LogP contribution is 2.38. The van der Waals surface area contributed by atoms with Crippen LogP contribution in [0, 0.1) is 0 Å². The minimum absolute atomic E-state index is 0.150. The van der Waals surface area contributed by atoms with Gasteiger partial charge in [0.2, 0.25) is 0 Å². The molecule has 0 aliphatic heterocycles. The van der Waals surface area contributed by atoms with Crippen molar-refractivity contribution < 1.29 is 24.3 Å². The highest BCUT2D eigenvalue weighted by atomic mass is 31.2. The summed E-state index contributed by atoms with van der Waals surface area (Å²) < 4.78 is 10.7. The maximum atomic E-state index is 10.7. The van der Waals surface area contributed by atoms with E-state index in [9.17, 15) is 9.36 Å². The topological polar surface area (TPSA) is 94.8 Å². The van der Waals surface area contributed by atoms with Crippen LogP contribution >= 0.6 is 7.60 Å². The zero-order valence-electron chi connectivity index (χ0n) is 8.23.